The molecule has 0 aromatic carbocycles. The Morgan fingerprint density at radius 3 is 2.94 bits per heavy atom. The Morgan fingerprint density at radius 2 is 2.03 bits per heavy atom. The van der Waals surface area contributed by atoms with Crippen LogP contribution in [0.5, 0.6) is 0 Å². The van der Waals surface area contributed by atoms with E-state index in [0.717, 1.165) is 93.5 Å². The van der Waals surface area contributed by atoms with Gasteiger partial charge in [-0.05, 0) is 55.4 Å². The van der Waals surface area contributed by atoms with Gasteiger partial charge in [-0.1, -0.05) is 18.4 Å². The summed E-state index contributed by atoms with van der Waals surface area (Å²) in [6, 6.07) is -0.213. The van der Waals surface area contributed by atoms with Crippen LogP contribution in [0.15, 0.2) is 67.6 Å². The predicted octanol–water partition coefficient (Wildman–Crippen LogP) is 3.36. The number of hydrogen-bond donors (Lipinski definition) is 1. The highest BCUT2D eigenvalue weighted by Gasteiger charge is 2.26. The van der Waals surface area contributed by atoms with E-state index in [1.807, 2.05) is 19.2 Å². The Kier molecular flexibility index (Phi) is 8.24. The van der Waals surface area contributed by atoms with E-state index in [0.29, 0.717) is 18.8 Å². The van der Waals surface area contributed by atoms with E-state index in [1.54, 1.807) is 0 Å². The van der Waals surface area contributed by atoms with Crippen LogP contribution in [0.25, 0.3) is 0 Å². The largest absolute Gasteiger partial charge is 0.381 e. The molecule has 0 radical (unpaired) electrons. The predicted molar refractivity (Wildman–Crippen MR) is 134 cm³/mol. The quantitative estimate of drug-likeness (QED) is 0.527. The van der Waals surface area contributed by atoms with Crippen LogP contribution in [0, 0.1) is 0 Å². The van der Waals surface area contributed by atoms with Gasteiger partial charge in [0, 0.05) is 50.2 Å². The summed E-state index contributed by atoms with van der Waals surface area (Å²) in [5, 5.41) is 0. The van der Waals surface area contributed by atoms with E-state index in [-0.39, 0.29) is 6.04 Å². The van der Waals surface area contributed by atoms with Crippen molar-refractivity contribution in [2.75, 3.05) is 46.1 Å². The fourth-order valence-corrected chi connectivity index (χ4v) is 4.46. The van der Waals surface area contributed by atoms with Crippen LogP contribution in [0.2, 0.25) is 0 Å². The molecule has 33 heavy (non-hydrogen) atoms. The monoisotopic (exact) mass is 449 g/mol. The van der Waals surface area contributed by atoms with Gasteiger partial charge in [-0.15, -0.1) is 0 Å². The summed E-state index contributed by atoms with van der Waals surface area (Å²) in [5.41, 5.74) is 14.4. The standard InChI is InChI=1S/C26H35N5O2/c1-19-8-9-24(27)28-17-22(19)26-20(2)16-23(21-6-3-12-32-13-4-7-21)29-25(30-26)18-31-10-5-14-33-15-11-31/h6,8,17,26H,2-5,7,10-16,18,27H2,1H3. The lowest BCUT2D eigenvalue weighted by molar-refractivity contribution is 0.134. The molecule has 1 saturated heterocycles. The molecule has 176 valence electrons. The third kappa shape index (κ3) is 6.49. The molecule has 0 amide bonds. The Morgan fingerprint density at radius 1 is 1.18 bits per heavy atom. The minimum Gasteiger partial charge on any atom is -0.381 e. The molecule has 7 heteroatoms. The van der Waals surface area contributed by atoms with Gasteiger partial charge in [0.25, 0.3) is 0 Å². The Hall–Kier alpha value is -2.57. The molecular weight excluding hydrogens is 414 g/mol. The van der Waals surface area contributed by atoms with Crippen LogP contribution >= 0.6 is 0 Å². The molecule has 4 aliphatic rings. The van der Waals surface area contributed by atoms with Gasteiger partial charge in [0.1, 0.15) is 5.84 Å². The summed E-state index contributed by atoms with van der Waals surface area (Å²) in [6.45, 7) is 12.2. The van der Waals surface area contributed by atoms with Gasteiger partial charge in [0.15, 0.2) is 5.82 Å². The lowest BCUT2D eigenvalue weighted by Crippen LogP contribution is -2.32. The maximum atomic E-state index is 5.90. The molecule has 0 spiro atoms. The molecule has 0 bridgehead atoms. The molecular formula is C26H35N5O2. The average molecular weight is 450 g/mol. The average Bonchev–Trinajstić information content (AvgIpc) is 3.18. The second kappa shape index (κ2) is 11.5. The van der Waals surface area contributed by atoms with E-state index >= 15 is 0 Å². The fourth-order valence-electron chi connectivity index (χ4n) is 4.46. The molecule has 0 aromatic rings. The van der Waals surface area contributed by atoms with Crippen molar-refractivity contribution < 1.29 is 9.47 Å². The third-order valence-corrected chi connectivity index (χ3v) is 6.29. The number of nitrogens with zero attached hydrogens (tertiary/aromatic N) is 4. The molecule has 0 aliphatic carbocycles. The van der Waals surface area contributed by atoms with Crippen LogP contribution < -0.4 is 5.73 Å². The molecule has 1 unspecified atom stereocenters. The van der Waals surface area contributed by atoms with Crippen molar-refractivity contribution in [3.63, 3.8) is 0 Å². The van der Waals surface area contributed by atoms with Gasteiger partial charge in [-0.3, -0.25) is 9.89 Å². The number of nitrogens with two attached hydrogens (primary N) is 1. The van der Waals surface area contributed by atoms with Gasteiger partial charge in [-0.2, -0.15) is 0 Å². The molecule has 7 nitrogen and oxygen atoms in total. The first-order chi connectivity index (χ1) is 16.1. The zero-order valence-electron chi connectivity index (χ0n) is 19.7. The zero-order chi connectivity index (χ0) is 23.0. The normalized spacial score (nSPS) is 25.7. The summed E-state index contributed by atoms with van der Waals surface area (Å²) in [4.78, 5) is 17.0. The Balaban J connectivity index is 1.67. The molecule has 4 aliphatic heterocycles. The smallest absolute Gasteiger partial charge is 0.167 e. The summed E-state index contributed by atoms with van der Waals surface area (Å²) in [5.74, 6) is 1.22. The molecule has 4 rings (SSSR count). The summed E-state index contributed by atoms with van der Waals surface area (Å²) < 4.78 is 11.3. The van der Waals surface area contributed by atoms with Crippen molar-refractivity contribution in [3.05, 3.63) is 52.6 Å². The van der Waals surface area contributed by atoms with Gasteiger partial charge < -0.3 is 15.2 Å². The van der Waals surface area contributed by atoms with Crippen LogP contribution in [0.1, 0.15) is 39.0 Å². The maximum Gasteiger partial charge on any atom is 0.167 e. The zero-order valence-corrected chi connectivity index (χ0v) is 19.7. The van der Waals surface area contributed by atoms with Crippen molar-refractivity contribution in [3.8, 4) is 0 Å². The van der Waals surface area contributed by atoms with E-state index in [9.17, 15) is 0 Å². The second-order valence-corrected chi connectivity index (χ2v) is 8.89. The van der Waals surface area contributed by atoms with Crippen molar-refractivity contribution >= 4 is 17.8 Å². The lowest BCUT2D eigenvalue weighted by atomic mass is 9.91. The summed E-state index contributed by atoms with van der Waals surface area (Å²) in [6.07, 6.45) is 10.6. The Bertz CT molecular complexity index is 971. The van der Waals surface area contributed by atoms with Gasteiger partial charge in [0.05, 0.1) is 25.8 Å². The first kappa shape index (κ1) is 23.6. The molecule has 4 heterocycles. The molecule has 2 N–H and O–H groups in total. The summed E-state index contributed by atoms with van der Waals surface area (Å²) in [7, 11) is 0. The third-order valence-electron chi connectivity index (χ3n) is 6.29. The van der Waals surface area contributed by atoms with E-state index in [1.165, 1.54) is 5.57 Å². The highest BCUT2D eigenvalue weighted by atomic mass is 16.5. The fraction of sp³-hybridized carbons (Fsp3) is 0.538. The van der Waals surface area contributed by atoms with Crippen LogP contribution in [0.3, 0.4) is 0 Å². The summed E-state index contributed by atoms with van der Waals surface area (Å²) >= 11 is 0. The number of ether oxygens (including phenoxy) is 2. The van der Waals surface area contributed by atoms with Crippen LogP contribution in [-0.4, -0.2) is 74.8 Å². The molecule has 0 saturated carbocycles. The Labute approximate surface area is 196 Å². The van der Waals surface area contributed by atoms with E-state index < -0.39 is 0 Å². The highest BCUT2D eigenvalue weighted by Crippen LogP contribution is 2.28. The van der Waals surface area contributed by atoms with Crippen molar-refractivity contribution in [1.29, 1.82) is 0 Å². The maximum absolute atomic E-state index is 5.90. The van der Waals surface area contributed by atoms with Gasteiger partial charge in [-0.25, -0.2) is 9.98 Å². The van der Waals surface area contributed by atoms with E-state index in [4.69, 9.17) is 25.2 Å². The van der Waals surface area contributed by atoms with Crippen molar-refractivity contribution in [2.45, 2.75) is 45.1 Å². The van der Waals surface area contributed by atoms with Gasteiger partial charge in [0.2, 0.25) is 0 Å². The van der Waals surface area contributed by atoms with Gasteiger partial charge >= 0.3 is 0 Å². The molecule has 1 atom stereocenters. The van der Waals surface area contributed by atoms with Crippen LogP contribution in [-0.2, 0) is 9.47 Å². The molecule has 1 fully saturated rings. The van der Waals surface area contributed by atoms with Crippen molar-refractivity contribution in [1.82, 2.24) is 4.90 Å². The number of hydrogen-bond acceptors (Lipinski definition) is 7. The lowest BCUT2D eigenvalue weighted by Gasteiger charge is -2.20. The number of aliphatic imine (C=N–C) groups is 3. The van der Waals surface area contributed by atoms with Crippen molar-refractivity contribution in [2.24, 2.45) is 20.7 Å². The molecule has 0 aromatic heterocycles. The minimum absolute atomic E-state index is 0.213. The SMILES string of the molecule is C=C1CC(C2=CCCOCCC2)=NC(CN2CCCOCC2)=NC1C1=C(C)C=C=C(N)N=C1. The minimum atomic E-state index is -0.213. The van der Waals surface area contributed by atoms with Crippen LogP contribution in [0.4, 0.5) is 0 Å². The first-order valence-corrected chi connectivity index (χ1v) is 12.0. The topological polar surface area (TPSA) is 84.8 Å². The number of rotatable bonds is 4. The highest BCUT2D eigenvalue weighted by molar-refractivity contribution is 6.10. The second-order valence-electron chi connectivity index (χ2n) is 8.89. The number of amidine groups is 1. The van der Waals surface area contributed by atoms with E-state index in [2.05, 4.69) is 28.3 Å². The number of allylic oxidation sites excluding steroid dienone is 3. The first-order valence-electron chi connectivity index (χ1n) is 12.0.